The van der Waals surface area contributed by atoms with Gasteiger partial charge in [-0.1, -0.05) is 12.1 Å². The minimum Gasteiger partial charge on any atom is -0.497 e. The highest BCUT2D eigenvalue weighted by atomic mass is 16.5. The second-order valence-corrected chi connectivity index (χ2v) is 8.48. The van der Waals surface area contributed by atoms with Crippen LogP contribution in [0.25, 0.3) is 21.8 Å². The molecule has 0 aliphatic rings. The van der Waals surface area contributed by atoms with Crippen LogP contribution in [-0.2, 0) is 9.47 Å². The van der Waals surface area contributed by atoms with E-state index >= 15 is 0 Å². The third kappa shape index (κ3) is 6.53. The van der Waals surface area contributed by atoms with E-state index in [0.29, 0.717) is 39.5 Å². The lowest BCUT2D eigenvalue weighted by Gasteiger charge is -2.13. The van der Waals surface area contributed by atoms with Crippen molar-refractivity contribution in [2.75, 3.05) is 64.4 Å². The number of anilines is 2. The van der Waals surface area contributed by atoms with Crippen molar-refractivity contribution in [3.05, 3.63) is 59.9 Å². The molecular formula is C28H34N4O4. The lowest BCUT2D eigenvalue weighted by molar-refractivity contribution is 0.0557. The topological polar surface area (TPSA) is 86.8 Å². The molecule has 0 saturated carbocycles. The molecule has 4 aromatic rings. The average molecular weight is 491 g/mol. The van der Waals surface area contributed by atoms with Crippen LogP contribution in [0.4, 0.5) is 11.4 Å². The zero-order valence-corrected chi connectivity index (χ0v) is 21.4. The van der Waals surface area contributed by atoms with Gasteiger partial charge in [-0.2, -0.15) is 0 Å². The van der Waals surface area contributed by atoms with Gasteiger partial charge in [0.15, 0.2) is 0 Å². The summed E-state index contributed by atoms with van der Waals surface area (Å²) < 4.78 is 22.3. The van der Waals surface area contributed by atoms with Gasteiger partial charge in [-0.05, 0) is 38.1 Å². The van der Waals surface area contributed by atoms with E-state index in [4.69, 9.17) is 18.9 Å². The molecule has 8 nitrogen and oxygen atoms in total. The lowest BCUT2D eigenvalue weighted by atomic mass is 10.1. The number of aryl methyl sites for hydroxylation is 2. The normalized spacial score (nSPS) is 11.1. The molecule has 36 heavy (non-hydrogen) atoms. The summed E-state index contributed by atoms with van der Waals surface area (Å²) in [5.41, 5.74) is 5.69. The smallest absolute Gasteiger partial charge is 0.121 e. The van der Waals surface area contributed by atoms with Gasteiger partial charge >= 0.3 is 0 Å². The number of hydrogen-bond donors (Lipinski definition) is 2. The standard InChI is InChI=1S/C28H34N4O4/c1-19-5-7-21-15-23(33-3)17-25(27(21)31-19)29-9-11-35-13-14-36-12-10-30-26-18-24(34-4)16-22-8-6-20(2)32-28(22)26/h5-8,15-18,29-30H,9-14H2,1-4H3. The van der Waals surface area contributed by atoms with E-state index in [0.717, 1.165) is 56.1 Å². The first-order valence-corrected chi connectivity index (χ1v) is 12.1. The van der Waals surface area contributed by atoms with Crippen molar-refractivity contribution in [2.45, 2.75) is 13.8 Å². The van der Waals surface area contributed by atoms with Gasteiger partial charge in [-0.25, -0.2) is 0 Å². The van der Waals surface area contributed by atoms with Crippen LogP contribution in [0.2, 0.25) is 0 Å². The van der Waals surface area contributed by atoms with Crippen LogP contribution >= 0.6 is 0 Å². The van der Waals surface area contributed by atoms with Crippen LogP contribution in [0, 0.1) is 13.8 Å². The zero-order chi connectivity index (χ0) is 25.3. The molecule has 2 aromatic heterocycles. The second kappa shape index (κ2) is 12.4. The number of methoxy groups -OCH3 is 2. The Hall–Kier alpha value is -3.62. The first-order chi connectivity index (χ1) is 17.6. The molecule has 2 N–H and O–H groups in total. The van der Waals surface area contributed by atoms with Crippen molar-refractivity contribution in [2.24, 2.45) is 0 Å². The van der Waals surface area contributed by atoms with Crippen molar-refractivity contribution < 1.29 is 18.9 Å². The summed E-state index contributed by atoms with van der Waals surface area (Å²) in [6.45, 7) is 7.48. The molecule has 4 rings (SSSR count). The average Bonchev–Trinajstić information content (AvgIpc) is 2.89. The molecule has 0 fully saturated rings. The van der Waals surface area contributed by atoms with Crippen LogP contribution in [-0.4, -0.2) is 63.7 Å². The number of nitrogens with zero attached hydrogens (tertiary/aromatic N) is 2. The van der Waals surface area contributed by atoms with E-state index in [1.54, 1.807) is 14.2 Å². The lowest BCUT2D eigenvalue weighted by Crippen LogP contribution is -2.15. The first-order valence-electron chi connectivity index (χ1n) is 12.1. The van der Waals surface area contributed by atoms with Gasteiger partial charge in [0.05, 0.1) is 63.1 Å². The Labute approximate surface area is 211 Å². The Morgan fingerprint density at radius 1 is 0.611 bits per heavy atom. The summed E-state index contributed by atoms with van der Waals surface area (Å²) in [4.78, 5) is 9.33. The zero-order valence-electron chi connectivity index (χ0n) is 21.4. The van der Waals surface area contributed by atoms with E-state index in [9.17, 15) is 0 Å². The monoisotopic (exact) mass is 490 g/mol. The minimum atomic E-state index is 0.529. The molecule has 2 heterocycles. The van der Waals surface area contributed by atoms with Gasteiger partial charge in [0, 0.05) is 47.4 Å². The molecule has 190 valence electrons. The highest BCUT2D eigenvalue weighted by molar-refractivity contribution is 5.93. The summed E-state index contributed by atoms with van der Waals surface area (Å²) in [5, 5.41) is 8.90. The molecule has 0 atom stereocenters. The van der Waals surface area contributed by atoms with Crippen molar-refractivity contribution in [1.82, 2.24) is 9.97 Å². The van der Waals surface area contributed by atoms with E-state index in [-0.39, 0.29) is 0 Å². The number of rotatable bonds is 13. The third-order valence-electron chi connectivity index (χ3n) is 5.78. The Balaban J connectivity index is 1.16. The van der Waals surface area contributed by atoms with Gasteiger partial charge in [-0.15, -0.1) is 0 Å². The van der Waals surface area contributed by atoms with Crippen LogP contribution in [0.1, 0.15) is 11.4 Å². The number of aromatic nitrogens is 2. The van der Waals surface area contributed by atoms with E-state index in [2.05, 4.69) is 32.7 Å². The highest BCUT2D eigenvalue weighted by Crippen LogP contribution is 2.29. The number of fused-ring (bicyclic) bond motifs is 2. The Kier molecular flexibility index (Phi) is 8.76. The van der Waals surface area contributed by atoms with Crippen LogP contribution < -0.4 is 20.1 Å². The van der Waals surface area contributed by atoms with E-state index in [1.165, 1.54) is 0 Å². The summed E-state index contributed by atoms with van der Waals surface area (Å²) in [6.07, 6.45) is 0. The fourth-order valence-corrected chi connectivity index (χ4v) is 3.95. The summed E-state index contributed by atoms with van der Waals surface area (Å²) >= 11 is 0. The number of ether oxygens (including phenoxy) is 4. The Bertz CT molecular complexity index is 1210. The molecular weight excluding hydrogens is 456 g/mol. The van der Waals surface area contributed by atoms with Gasteiger partial charge in [-0.3, -0.25) is 9.97 Å². The van der Waals surface area contributed by atoms with Crippen molar-refractivity contribution in [1.29, 1.82) is 0 Å². The largest absolute Gasteiger partial charge is 0.497 e. The summed E-state index contributed by atoms with van der Waals surface area (Å²) in [7, 11) is 3.34. The van der Waals surface area contributed by atoms with Crippen molar-refractivity contribution >= 4 is 33.2 Å². The highest BCUT2D eigenvalue weighted by Gasteiger charge is 2.08. The molecule has 0 aliphatic carbocycles. The summed E-state index contributed by atoms with van der Waals surface area (Å²) in [5.74, 6) is 1.60. The Morgan fingerprint density at radius 3 is 1.47 bits per heavy atom. The third-order valence-corrected chi connectivity index (χ3v) is 5.78. The van der Waals surface area contributed by atoms with Crippen LogP contribution in [0.15, 0.2) is 48.5 Å². The molecule has 0 unspecified atom stereocenters. The molecule has 0 spiro atoms. The van der Waals surface area contributed by atoms with Gasteiger partial charge < -0.3 is 29.6 Å². The van der Waals surface area contributed by atoms with Crippen molar-refractivity contribution in [3.8, 4) is 11.5 Å². The maximum Gasteiger partial charge on any atom is 0.121 e. The molecule has 0 aliphatic heterocycles. The molecule has 0 radical (unpaired) electrons. The molecule has 0 amide bonds. The minimum absolute atomic E-state index is 0.529. The predicted molar refractivity (Wildman–Crippen MR) is 145 cm³/mol. The quantitative estimate of drug-likeness (QED) is 0.254. The number of hydrogen-bond acceptors (Lipinski definition) is 8. The second-order valence-electron chi connectivity index (χ2n) is 8.48. The van der Waals surface area contributed by atoms with E-state index < -0.39 is 0 Å². The van der Waals surface area contributed by atoms with Crippen LogP contribution in [0.3, 0.4) is 0 Å². The number of benzene rings is 2. The predicted octanol–water partition coefficient (Wildman–Crippen LogP) is 4.97. The van der Waals surface area contributed by atoms with Crippen LogP contribution in [0.5, 0.6) is 11.5 Å². The molecule has 0 saturated heterocycles. The Morgan fingerprint density at radius 2 is 1.06 bits per heavy atom. The van der Waals surface area contributed by atoms with Gasteiger partial charge in [0.1, 0.15) is 11.5 Å². The summed E-state index contributed by atoms with van der Waals surface area (Å²) in [6, 6.07) is 16.0. The first kappa shape index (κ1) is 25.5. The fraction of sp³-hybridized carbons (Fsp3) is 0.357. The molecule has 8 heteroatoms. The molecule has 2 aromatic carbocycles. The maximum absolute atomic E-state index is 5.73. The number of nitrogens with one attached hydrogen (secondary N) is 2. The number of pyridine rings is 2. The van der Waals surface area contributed by atoms with E-state index in [1.807, 2.05) is 50.2 Å². The van der Waals surface area contributed by atoms with Gasteiger partial charge in [0.25, 0.3) is 0 Å². The van der Waals surface area contributed by atoms with Gasteiger partial charge in [0.2, 0.25) is 0 Å². The van der Waals surface area contributed by atoms with Crippen molar-refractivity contribution in [3.63, 3.8) is 0 Å². The fourth-order valence-electron chi connectivity index (χ4n) is 3.95. The maximum atomic E-state index is 5.73. The SMILES string of the molecule is COc1cc(NCCOCCOCCNc2cc(OC)cc3ccc(C)nc23)c2nc(C)ccc2c1. The molecule has 0 bridgehead atoms.